The van der Waals surface area contributed by atoms with Gasteiger partial charge in [-0.15, -0.1) is 0 Å². The molecule has 0 atom stereocenters. The van der Waals surface area contributed by atoms with Crippen LogP contribution in [0.15, 0.2) is 12.4 Å². The third-order valence-electron chi connectivity index (χ3n) is 2.57. The molecule has 2 rings (SSSR count). The Balaban J connectivity index is 2.55. The van der Waals surface area contributed by atoms with Crippen molar-refractivity contribution in [1.29, 1.82) is 0 Å². The van der Waals surface area contributed by atoms with E-state index in [1.807, 2.05) is 7.05 Å². The lowest BCUT2D eigenvalue weighted by atomic mass is 10.3. The zero-order chi connectivity index (χ0) is 13.8. The summed E-state index contributed by atoms with van der Waals surface area (Å²) in [6, 6.07) is 1.72. The molecule has 0 saturated carbocycles. The number of ether oxygens (including phenoxy) is 1. The minimum atomic E-state index is 0.496. The molecule has 100 valence electrons. The van der Waals surface area contributed by atoms with Crippen LogP contribution < -0.4 is 10.1 Å². The van der Waals surface area contributed by atoms with E-state index in [1.54, 1.807) is 13.2 Å². The van der Waals surface area contributed by atoms with Crippen LogP contribution in [-0.4, -0.2) is 34.1 Å². The molecule has 2 heterocycles. The summed E-state index contributed by atoms with van der Waals surface area (Å²) >= 11 is 2.25. The minimum absolute atomic E-state index is 0.496. The second kappa shape index (κ2) is 6.09. The van der Waals surface area contributed by atoms with Crippen LogP contribution in [0.25, 0.3) is 11.5 Å². The van der Waals surface area contributed by atoms with E-state index < -0.39 is 0 Å². The first kappa shape index (κ1) is 13.9. The maximum absolute atomic E-state index is 5.09. The van der Waals surface area contributed by atoms with Gasteiger partial charge in [0.15, 0.2) is 5.82 Å². The van der Waals surface area contributed by atoms with Gasteiger partial charge in [-0.1, -0.05) is 6.92 Å². The normalized spacial score (nSPS) is 10.3. The molecule has 2 aromatic heterocycles. The van der Waals surface area contributed by atoms with Crippen molar-refractivity contribution in [3.8, 4) is 17.4 Å². The summed E-state index contributed by atoms with van der Waals surface area (Å²) in [5.74, 6) is 1.87. The number of hydrogen-bond donors (Lipinski definition) is 1. The molecule has 0 aliphatic carbocycles. The standard InChI is InChI=1S/C12H14IN5O/c1-4-7-10(13)12(14-2)18-11(17-7)8-5-9(19-3)16-6-15-8/h5-6H,4H2,1-3H3,(H,14,17,18). The average Bonchev–Trinajstić information content (AvgIpc) is 2.47. The van der Waals surface area contributed by atoms with Crippen LogP contribution in [0, 0.1) is 3.57 Å². The number of aromatic nitrogens is 4. The number of nitrogens with zero attached hydrogens (tertiary/aromatic N) is 4. The van der Waals surface area contributed by atoms with Gasteiger partial charge < -0.3 is 10.1 Å². The molecule has 7 heteroatoms. The molecule has 1 N–H and O–H groups in total. The van der Waals surface area contributed by atoms with E-state index in [-0.39, 0.29) is 0 Å². The number of methoxy groups -OCH3 is 1. The first-order chi connectivity index (χ1) is 9.19. The Morgan fingerprint density at radius 1 is 1.32 bits per heavy atom. The smallest absolute Gasteiger partial charge is 0.216 e. The summed E-state index contributed by atoms with van der Waals surface area (Å²) in [5.41, 5.74) is 1.64. The third kappa shape index (κ3) is 2.91. The van der Waals surface area contributed by atoms with Gasteiger partial charge in [0, 0.05) is 13.1 Å². The van der Waals surface area contributed by atoms with Crippen molar-refractivity contribution in [2.45, 2.75) is 13.3 Å². The number of hydrogen-bond acceptors (Lipinski definition) is 6. The van der Waals surface area contributed by atoms with Gasteiger partial charge in [-0.2, -0.15) is 0 Å². The van der Waals surface area contributed by atoms with E-state index in [2.05, 4.69) is 54.8 Å². The lowest BCUT2D eigenvalue weighted by Gasteiger charge is -2.09. The first-order valence-corrected chi connectivity index (χ1v) is 6.88. The van der Waals surface area contributed by atoms with Gasteiger partial charge in [0.25, 0.3) is 0 Å². The highest BCUT2D eigenvalue weighted by atomic mass is 127. The Morgan fingerprint density at radius 3 is 2.74 bits per heavy atom. The van der Waals surface area contributed by atoms with Gasteiger partial charge in [-0.05, 0) is 29.0 Å². The molecule has 0 spiro atoms. The maximum atomic E-state index is 5.09. The van der Waals surface area contributed by atoms with Gasteiger partial charge in [0.2, 0.25) is 5.88 Å². The molecule has 0 amide bonds. The SMILES string of the molecule is CCc1nc(-c2cc(OC)ncn2)nc(NC)c1I. The Labute approximate surface area is 125 Å². The molecule has 6 nitrogen and oxygen atoms in total. The van der Waals surface area contributed by atoms with Crippen molar-refractivity contribution >= 4 is 28.4 Å². The Morgan fingerprint density at radius 2 is 2.11 bits per heavy atom. The quantitative estimate of drug-likeness (QED) is 0.831. The van der Waals surface area contributed by atoms with E-state index in [1.165, 1.54) is 6.33 Å². The van der Waals surface area contributed by atoms with Crippen LogP contribution in [0.4, 0.5) is 5.82 Å². The second-order valence-corrected chi connectivity index (χ2v) is 4.78. The number of rotatable bonds is 4. The van der Waals surface area contributed by atoms with E-state index >= 15 is 0 Å². The molecule has 19 heavy (non-hydrogen) atoms. The van der Waals surface area contributed by atoms with Gasteiger partial charge in [-0.3, -0.25) is 0 Å². The predicted molar refractivity (Wildman–Crippen MR) is 81.3 cm³/mol. The van der Waals surface area contributed by atoms with Gasteiger partial charge in [0.1, 0.15) is 17.8 Å². The summed E-state index contributed by atoms with van der Waals surface area (Å²) in [6.07, 6.45) is 2.28. The maximum Gasteiger partial charge on any atom is 0.216 e. The number of aryl methyl sites for hydroxylation is 1. The molecule has 0 unspecified atom stereocenters. The van der Waals surface area contributed by atoms with Crippen LogP contribution in [-0.2, 0) is 6.42 Å². The molecule has 0 aliphatic rings. The fourth-order valence-corrected chi connectivity index (χ4v) is 2.47. The number of anilines is 1. The second-order valence-electron chi connectivity index (χ2n) is 3.71. The molecule has 0 radical (unpaired) electrons. The van der Waals surface area contributed by atoms with Gasteiger partial charge >= 0.3 is 0 Å². The summed E-state index contributed by atoms with van der Waals surface area (Å²) in [7, 11) is 3.41. The van der Waals surface area contributed by atoms with Crippen LogP contribution >= 0.6 is 22.6 Å². The molecule has 0 aromatic carbocycles. The van der Waals surface area contributed by atoms with Crippen LogP contribution in [0.2, 0.25) is 0 Å². The van der Waals surface area contributed by atoms with Crippen molar-refractivity contribution in [1.82, 2.24) is 19.9 Å². The largest absolute Gasteiger partial charge is 0.481 e. The highest BCUT2D eigenvalue weighted by Crippen LogP contribution is 2.24. The zero-order valence-electron chi connectivity index (χ0n) is 10.9. The number of nitrogens with one attached hydrogen (secondary N) is 1. The fourth-order valence-electron chi connectivity index (χ4n) is 1.58. The van der Waals surface area contributed by atoms with Crippen molar-refractivity contribution in [3.05, 3.63) is 21.7 Å². The third-order valence-corrected chi connectivity index (χ3v) is 3.71. The summed E-state index contributed by atoms with van der Waals surface area (Å²) in [4.78, 5) is 17.2. The lowest BCUT2D eigenvalue weighted by molar-refractivity contribution is 0.397. The van der Waals surface area contributed by atoms with E-state index in [0.717, 1.165) is 21.5 Å². The molecular weight excluding hydrogens is 357 g/mol. The van der Waals surface area contributed by atoms with Crippen LogP contribution in [0.5, 0.6) is 5.88 Å². The highest BCUT2D eigenvalue weighted by molar-refractivity contribution is 14.1. The van der Waals surface area contributed by atoms with Crippen LogP contribution in [0.1, 0.15) is 12.6 Å². The molecule has 0 fully saturated rings. The predicted octanol–water partition coefficient (Wildman–Crippen LogP) is 2.15. The zero-order valence-corrected chi connectivity index (χ0v) is 13.1. The number of halogens is 1. The first-order valence-electron chi connectivity index (χ1n) is 5.80. The fraction of sp³-hybridized carbons (Fsp3) is 0.333. The molecule has 0 bridgehead atoms. The van der Waals surface area contributed by atoms with E-state index in [4.69, 9.17) is 4.74 Å². The van der Waals surface area contributed by atoms with Gasteiger partial charge in [-0.25, -0.2) is 19.9 Å². The summed E-state index contributed by atoms with van der Waals surface area (Å²) in [6.45, 7) is 2.06. The Hall–Kier alpha value is -1.51. The molecule has 0 aliphatic heterocycles. The van der Waals surface area contributed by atoms with Crippen molar-refractivity contribution in [3.63, 3.8) is 0 Å². The monoisotopic (exact) mass is 371 g/mol. The van der Waals surface area contributed by atoms with E-state index in [9.17, 15) is 0 Å². The van der Waals surface area contributed by atoms with Crippen molar-refractivity contribution in [2.24, 2.45) is 0 Å². The highest BCUT2D eigenvalue weighted by Gasteiger charge is 2.13. The van der Waals surface area contributed by atoms with E-state index in [0.29, 0.717) is 17.4 Å². The average molecular weight is 371 g/mol. The van der Waals surface area contributed by atoms with Crippen molar-refractivity contribution in [2.75, 3.05) is 19.5 Å². The Kier molecular flexibility index (Phi) is 4.46. The molecule has 0 saturated heterocycles. The van der Waals surface area contributed by atoms with Crippen LogP contribution in [0.3, 0.4) is 0 Å². The van der Waals surface area contributed by atoms with Crippen molar-refractivity contribution < 1.29 is 4.74 Å². The minimum Gasteiger partial charge on any atom is -0.481 e. The van der Waals surface area contributed by atoms with Gasteiger partial charge in [0.05, 0.1) is 16.4 Å². The Bertz CT molecular complexity index is 565. The lowest BCUT2D eigenvalue weighted by Crippen LogP contribution is -2.05. The molecular formula is C12H14IN5O. The molecule has 2 aromatic rings. The topological polar surface area (TPSA) is 72.8 Å². The summed E-state index contributed by atoms with van der Waals surface area (Å²) in [5, 5.41) is 3.08. The summed E-state index contributed by atoms with van der Waals surface area (Å²) < 4.78 is 6.12.